The number of para-hydroxylation sites is 1. The predicted molar refractivity (Wildman–Crippen MR) is 283 cm³/mol. The van der Waals surface area contributed by atoms with Gasteiger partial charge in [-0.05, 0) is 123 Å². The molecule has 0 amide bonds. The quantitative estimate of drug-likeness (QED) is 0.108. The SMILES string of the molecule is [2H]C([2H])([2H])c1cccc2cc3c(nc12)oc1c(-c2cc(C([2H])([2H])C(C)(C)C)c(C([2H])([2H])C([2H])([2H])c4cc(CC(C)(C)c5ccc(-c6[c-]cccc6)nc5)cc(CC(C)(C)c5ccc(-c6[c-]cccc6)nc5)c4)cn2)[c-]ccc13.[Ir+3]. The second-order valence-corrected chi connectivity index (χ2v) is 20.2. The van der Waals surface area contributed by atoms with Crippen molar-refractivity contribution in [3.05, 3.63) is 215 Å². The van der Waals surface area contributed by atoms with Crippen LogP contribution < -0.4 is 0 Å². The first kappa shape index (κ1) is 38.2. The zero-order valence-electron chi connectivity index (χ0n) is 49.4. The molecule has 0 radical (unpaired) electrons. The molecule has 0 aliphatic carbocycles. The number of benzene rings is 5. The fourth-order valence-corrected chi connectivity index (χ4v) is 9.16. The summed E-state index contributed by atoms with van der Waals surface area (Å²) in [7, 11) is 0. The Labute approximate surface area is 439 Å². The van der Waals surface area contributed by atoms with Crippen molar-refractivity contribution in [3.63, 3.8) is 0 Å². The molecule has 10 rings (SSSR count). The van der Waals surface area contributed by atoms with Crippen LogP contribution in [0, 0.1) is 30.5 Å². The van der Waals surface area contributed by atoms with Crippen LogP contribution >= 0.6 is 0 Å². The Morgan fingerprint density at radius 3 is 1.77 bits per heavy atom. The Morgan fingerprint density at radius 2 is 1.20 bits per heavy atom. The molecule has 0 bridgehead atoms. The maximum Gasteiger partial charge on any atom is 3.00 e. The fourth-order valence-electron chi connectivity index (χ4n) is 9.16. The Bertz CT molecular complexity index is 3740. The summed E-state index contributed by atoms with van der Waals surface area (Å²) in [4.78, 5) is 19.1. The van der Waals surface area contributed by atoms with Crippen molar-refractivity contribution in [3.8, 4) is 33.8 Å². The summed E-state index contributed by atoms with van der Waals surface area (Å²) in [6, 6.07) is 50.6. The molecule has 0 unspecified atom stereocenters. The van der Waals surface area contributed by atoms with Gasteiger partial charge in [0.2, 0.25) is 5.71 Å². The van der Waals surface area contributed by atoms with Crippen LogP contribution in [0.1, 0.15) is 105 Å². The van der Waals surface area contributed by atoms with E-state index in [-0.39, 0.29) is 59.3 Å². The van der Waals surface area contributed by atoms with Gasteiger partial charge in [-0.2, -0.15) is 0 Å². The van der Waals surface area contributed by atoms with E-state index in [1.165, 1.54) is 18.3 Å². The first-order valence-corrected chi connectivity index (χ1v) is 23.3. The van der Waals surface area contributed by atoms with E-state index in [2.05, 4.69) is 64.1 Å². The molecular formula is C64H59IrN4O. The summed E-state index contributed by atoms with van der Waals surface area (Å²) < 4.78 is 90.2. The van der Waals surface area contributed by atoms with Crippen LogP contribution in [0.3, 0.4) is 0 Å². The van der Waals surface area contributed by atoms with Gasteiger partial charge in [0.05, 0.1) is 11.1 Å². The van der Waals surface area contributed by atoms with E-state index in [1.807, 2.05) is 85.2 Å². The molecule has 0 N–H and O–H groups in total. The molecule has 5 nitrogen and oxygen atoms in total. The second-order valence-electron chi connectivity index (χ2n) is 20.2. The van der Waals surface area contributed by atoms with Gasteiger partial charge >= 0.3 is 20.1 Å². The van der Waals surface area contributed by atoms with Crippen LogP contribution in [0.15, 0.2) is 156 Å². The predicted octanol–water partition coefficient (Wildman–Crippen LogP) is 15.4. The number of nitrogens with zero attached hydrogens (tertiary/aromatic N) is 4. The minimum atomic E-state index is -2.87. The monoisotopic (exact) mass is 1100 g/mol. The van der Waals surface area contributed by atoms with Crippen molar-refractivity contribution < 1.29 is 36.9 Å². The minimum Gasteiger partial charge on any atom is -0.486 e. The van der Waals surface area contributed by atoms with Crippen LogP contribution in [-0.2, 0) is 62.9 Å². The van der Waals surface area contributed by atoms with Crippen LogP contribution in [0.5, 0.6) is 0 Å². The van der Waals surface area contributed by atoms with E-state index in [0.29, 0.717) is 40.1 Å². The fraction of sp³-hybridized carbons (Fsp3) is 0.250. The summed E-state index contributed by atoms with van der Waals surface area (Å²) in [6.07, 6.45) is -1.95. The van der Waals surface area contributed by atoms with Crippen LogP contribution in [0.2, 0.25) is 0 Å². The maximum atomic E-state index is 10.0. The number of rotatable bonds is 13. The average Bonchev–Trinajstić information content (AvgIpc) is 3.90. The summed E-state index contributed by atoms with van der Waals surface area (Å²) >= 11 is 0. The zero-order valence-corrected chi connectivity index (χ0v) is 42.8. The van der Waals surface area contributed by atoms with Crippen LogP contribution in [0.25, 0.3) is 66.7 Å². The molecule has 0 spiro atoms. The van der Waals surface area contributed by atoms with Crippen molar-refractivity contribution in [1.82, 2.24) is 19.9 Å². The Morgan fingerprint density at radius 1 is 0.571 bits per heavy atom. The molecule has 70 heavy (non-hydrogen) atoms. The molecule has 0 saturated carbocycles. The van der Waals surface area contributed by atoms with Gasteiger partial charge in [0.25, 0.3) is 0 Å². The van der Waals surface area contributed by atoms with Crippen molar-refractivity contribution in [2.24, 2.45) is 5.41 Å². The summed E-state index contributed by atoms with van der Waals surface area (Å²) in [5, 5.41) is 1.89. The number of aromatic nitrogens is 4. The van der Waals surface area contributed by atoms with Gasteiger partial charge in [-0.1, -0.05) is 126 Å². The summed E-state index contributed by atoms with van der Waals surface area (Å²) in [5.41, 5.74) is 6.02. The largest absolute Gasteiger partial charge is 3.00 e. The molecule has 6 heteroatoms. The van der Waals surface area contributed by atoms with Crippen molar-refractivity contribution in [2.45, 2.75) is 98.1 Å². The normalized spacial score (nSPS) is 14.9. The van der Waals surface area contributed by atoms with E-state index in [4.69, 9.17) is 28.5 Å². The molecule has 10 aromatic rings. The maximum absolute atomic E-state index is 10.0. The number of aryl methyl sites for hydroxylation is 3. The first-order chi connectivity index (χ1) is 36.7. The Hall–Kier alpha value is -6.59. The van der Waals surface area contributed by atoms with E-state index < -0.39 is 42.2 Å². The van der Waals surface area contributed by atoms with Crippen molar-refractivity contribution >= 4 is 33.0 Å². The first-order valence-electron chi connectivity index (χ1n) is 27.8. The van der Waals surface area contributed by atoms with Crippen LogP contribution in [-0.4, -0.2) is 19.9 Å². The van der Waals surface area contributed by atoms with Crippen LogP contribution in [0.4, 0.5) is 0 Å². The van der Waals surface area contributed by atoms with Gasteiger partial charge < -0.3 is 19.4 Å². The van der Waals surface area contributed by atoms with E-state index >= 15 is 0 Å². The Balaban J connectivity index is 0.00000757. The number of fused-ring (bicyclic) bond motifs is 4. The molecule has 0 atom stereocenters. The molecular weight excluding hydrogens is 1030 g/mol. The summed E-state index contributed by atoms with van der Waals surface area (Å²) in [6.45, 7) is 11.2. The molecule has 5 heterocycles. The van der Waals surface area contributed by atoms with Crippen molar-refractivity contribution in [1.29, 1.82) is 0 Å². The summed E-state index contributed by atoms with van der Waals surface area (Å²) in [5.74, 6) is 0. The molecule has 0 fully saturated rings. The third-order valence-corrected chi connectivity index (χ3v) is 12.7. The van der Waals surface area contributed by atoms with Gasteiger partial charge in [0.15, 0.2) is 0 Å². The van der Waals surface area contributed by atoms with Gasteiger partial charge in [-0.15, -0.1) is 90.0 Å². The molecule has 0 aliphatic heterocycles. The van der Waals surface area contributed by atoms with E-state index in [0.717, 1.165) is 44.8 Å². The van der Waals surface area contributed by atoms with Gasteiger partial charge in [-0.25, -0.2) is 4.98 Å². The third-order valence-electron chi connectivity index (χ3n) is 12.7. The third kappa shape index (κ3) is 10.5. The second kappa shape index (κ2) is 19.7. The molecule has 350 valence electrons. The number of hydrogen-bond acceptors (Lipinski definition) is 5. The molecule has 5 aromatic carbocycles. The number of hydrogen-bond donors (Lipinski definition) is 0. The van der Waals surface area contributed by atoms with E-state index in [9.17, 15) is 8.22 Å². The molecule has 0 saturated heterocycles. The van der Waals surface area contributed by atoms with Crippen molar-refractivity contribution in [2.75, 3.05) is 0 Å². The topological polar surface area (TPSA) is 64.7 Å². The minimum absolute atomic E-state index is 0. The number of pyridine rings is 4. The standard InChI is InChI=1S/C64H59N4O.Ir/c1-42-17-15-22-48-34-55-53-23-16-24-54(60(53)69-61(55)68-59(42)48)58-35-50(38-62(2,3)4)49(39-65-58)26-25-43-31-44(36-63(5,6)51-27-29-56(66-40-51)46-18-11-9-12-19-46)33-45(32-43)37-64(7,8)52-28-30-57(67-41-52)47-20-13-10-14-21-47;/h9-18,20,22-23,27-35,39-41H,25-26,36-38H2,1-8H3;/q-3;+3/i1D3,25D2,26D2,38D2;. The van der Waals surface area contributed by atoms with Gasteiger partial charge in [0.1, 0.15) is 0 Å². The number of furan rings is 1. The van der Waals surface area contributed by atoms with E-state index in [1.54, 1.807) is 51.1 Å². The van der Waals surface area contributed by atoms with Gasteiger partial charge in [0, 0.05) is 41.7 Å². The smallest absolute Gasteiger partial charge is 0.486 e. The molecule has 5 aromatic heterocycles. The molecule has 0 aliphatic rings. The average molecular weight is 1100 g/mol. The zero-order chi connectivity index (χ0) is 55.8. The van der Waals surface area contributed by atoms with Gasteiger partial charge in [-0.3, -0.25) is 0 Å². The Kier molecular flexibility index (Phi) is 10.7.